The standard InChI is InChI=1S/C21H36N2O2/c1-5-6-7-8-9-10-11-21(24)22-17-18-12-13-19(14-15-23(2)3)20(16-18)25-4/h12-13,16H,5-11,14-15,17H2,1-4H3,(H,22,24). The molecule has 4 nitrogen and oxygen atoms in total. The molecule has 1 aromatic rings. The van der Waals surface area contributed by atoms with Crippen molar-refractivity contribution in [1.29, 1.82) is 0 Å². The predicted octanol–water partition coefficient (Wildman–Crippen LogP) is 4.17. The Labute approximate surface area is 153 Å². The lowest BCUT2D eigenvalue weighted by molar-refractivity contribution is -0.121. The first-order valence-corrected chi connectivity index (χ1v) is 9.64. The molecular weight excluding hydrogens is 312 g/mol. The molecular formula is C21H36N2O2. The van der Waals surface area contributed by atoms with Crippen LogP contribution < -0.4 is 10.1 Å². The summed E-state index contributed by atoms with van der Waals surface area (Å²) in [5, 5.41) is 3.02. The second kappa shape index (κ2) is 12.8. The zero-order valence-corrected chi connectivity index (χ0v) is 16.6. The van der Waals surface area contributed by atoms with Crippen molar-refractivity contribution in [2.24, 2.45) is 0 Å². The lowest BCUT2D eigenvalue weighted by Crippen LogP contribution is -2.22. The van der Waals surface area contributed by atoms with Crippen molar-refractivity contribution < 1.29 is 9.53 Å². The number of methoxy groups -OCH3 is 1. The number of hydrogen-bond acceptors (Lipinski definition) is 3. The molecule has 0 radical (unpaired) electrons. The van der Waals surface area contributed by atoms with Gasteiger partial charge in [-0.2, -0.15) is 0 Å². The number of carbonyl (C=O) groups is 1. The average Bonchev–Trinajstić information content (AvgIpc) is 2.61. The third-order valence-corrected chi connectivity index (χ3v) is 4.43. The highest BCUT2D eigenvalue weighted by Gasteiger charge is 2.07. The highest BCUT2D eigenvalue weighted by atomic mass is 16.5. The monoisotopic (exact) mass is 348 g/mol. The molecule has 1 amide bonds. The largest absolute Gasteiger partial charge is 0.496 e. The van der Waals surface area contributed by atoms with E-state index < -0.39 is 0 Å². The van der Waals surface area contributed by atoms with Gasteiger partial charge in [0.25, 0.3) is 0 Å². The molecule has 0 aromatic heterocycles. The highest BCUT2D eigenvalue weighted by Crippen LogP contribution is 2.21. The van der Waals surface area contributed by atoms with Crippen molar-refractivity contribution in [3.63, 3.8) is 0 Å². The SMILES string of the molecule is CCCCCCCCC(=O)NCc1ccc(CCN(C)C)c(OC)c1. The number of rotatable bonds is 13. The number of hydrogen-bond donors (Lipinski definition) is 1. The van der Waals surface area contributed by atoms with Gasteiger partial charge in [0.15, 0.2) is 0 Å². The molecule has 0 unspecified atom stereocenters. The fourth-order valence-electron chi connectivity index (χ4n) is 2.80. The van der Waals surface area contributed by atoms with Crippen LogP contribution in [0.3, 0.4) is 0 Å². The molecule has 0 bridgehead atoms. The van der Waals surface area contributed by atoms with Crippen molar-refractivity contribution in [3.05, 3.63) is 29.3 Å². The van der Waals surface area contributed by atoms with Gasteiger partial charge in [-0.1, -0.05) is 51.2 Å². The van der Waals surface area contributed by atoms with E-state index in [-0.39, 0.29) is 5.91 Å². The number of benzene rings is 1. The summed E-state index contributed by atoms with van der Waals surface area (Å²) in [6, 6.07) is 6.23. The number of nitrogens with zero attached hydrogens (tertiary/aromatic N) is 1. The minimum Gasteiger partial charge on any atom is -0.496 e. The zero-order chi connectivity index (χ0) is 18.5. The van der Waals surface area contributed by atoms with Crippen LogP contribution in [0.15, 0.2) is 18.2 Å². The lowest BCUT2D eigenvalue weighted by Gasteiger charge is -2.14. The Bertz CT molecular complexity index is 501. The third kappa shape index (κ3) is 9.49. The van der Waals surface area contributed by atoms with E-state index in [0.717, 1.165) is 37.1 Å². The number of nitrogens with one attached hydrogen (secondary N) is 1. The average molecular weight is 349 g/mol. The van der Waals surface area contributed by atoms with Gasteiger partial charge in [0.1, 0.15) is 5.75 Å². The molecule has 0 spiro atoms. The van der Waals surface area contributed by atoms with E-state index in [0.29, 0.717) is 13.0 Å². The molecule has 4 heteroatoms. The summed E-state index contributed by atoms with van der Waals surface area (Å²) in [7, 11) is 5.84. The van der Waals surface area contributed by atoms with Crippen LogP contribution >= 0.6 is 0 Å². The van der Waals surface area contributed by atoms with Crippen LogP contribution in [0.2, 0.25) is 0 Å². The molecule has 0 saturated heterocycles. The van der Waals surface area contributed by atoms with Crippen molar-refractivity contribution >= 4 is 5.91 Å². The van der Waals surface area contributed by atoms with Crippen molar-refractivity contribution in [1.82, 2.24) is 10.2 Å². The van der Waals surface area contributed by atoms with Gasteiger partial charge in [0.2, 0.25) is 5.91 Å². The normalized spacial score (nSPS) is 10.9. The van der Waals surface area contributed by atoms with E-state index in [9.17, 15) is 4.79 Å². The molecule has 142 valence electrons. The van der Waals surface area contributed by atoms with Gasteiger partial charge in [-0.3, -0.25) is 4.79 Å². The summed E-state index contributed by atoms with van der Waals surface area (Å²) in [4.78, 5) is 14.1. The maximum Gasteiger partial charge on any atom is 0.220 e. The smallest absolute Gasteiger partial charge is 0.220 e. The number of unbranched alkanes of at least 4 members (excludes halogenated alkanes) is 5. The topological polar surface area (TPSA) is 41.6 Å². The van der Waals surface area contributed by atoms with Crippen LogP contribution in [0.25, 0.3) is 0 Å². The third-order valence-electron chi connectivity index (χ3n) is 4.43. The van der Waals surface area contributed by atoms with Gasteiger partial charge in [-0.25, -0.2) is 0 Å². The molecule has 1 aromatic carbocycles. The van der Waals surface area contributed by atoms with Crippen molar-refractivity contribution in [2.75, 3.05) is 27.7 Å². The lowest BCUT2D eigenvalue weighted by atomic mass is 10.1. The highest BCUT2D eigenvalue weighted by molar-refractivity contribution is 5.75. The van der Waals surface area contributed by atoms with E-state index in [2.05, 4.69) is 43.4 Å². The molecule has 0 heterocycles. The van der Waals surface area contributed by atoms with Gasteiger partial charge < -0.3 is 15.0 Å². The van der Waals surface area contributed by atoms with Crippen LogP contribution in [0.5, 0.6) is 5.75 Å². The number of amides is 1. The fourth-order valence-corrected chi connectivity index (χ4v) is 2.80. The first kappa shape index (κ1) is 21.5. The van der Waals surface area contributed by atoms with E-state index in [1.165, 1.54) is 31.2 Å². The van der Waals surface area contributed by atoms with Crippen LogP contribution in [-0.4, -0.2) is 38.6 Å². The van der Waals surface area contributed by atoms with E-state index in [4.69, 9.17) is 4.74 Å². The van der Waals surface area contributed by atoms with Gasteiger partial charge in [0.05, 0.1) is 7.11 Å². The number of likely N-dealkylation sites (N-methyl/N-ethyl adjacent to an activating group) is 1. The molecule has 1 N–H and O–H groups in total. The molecule has 25 heavy (non-hydrogen) atoms. The summed E-state index contributed by atoms with van der Waals surface area (Å²) < 4.78 is 5.51. The predicted molar refractivity (Wildman–Crippen MR) is 105 cm³/mol. The maximum absolute atomic E-state index is 12.0. The van der Waals surface area contributed by atoms with Gasteiger partial charge in [-0.05, 0) is 44.1 Å². The second-order valence-corrected chi connectivity index (χ2v) is 6.99. The molecule has 0 aliphatic heterocycles. The summed E-state index contributed by atoms with van der Waals surface area (Å²) in [5.74, 6) is 1.05. The number of carbonyl (C=O) groups excluding carboxylic acids is 1. The molecule has 0 saturated carbocycles. The first-order chi connectivity index (χ1) is 12.1. The van der Waals surface area contributed by atoms with E-state index >= 15 is 0 Å². The Morgan fingerprint density at radius 2 is 1.84 bits per heavy atom. The second-order valence-electron chi connectivity index (χ2n) is 6.99. The van der Waals surface area contributed by atoms with Crippen LogP contribution in [0, 0.1) is 0 Å². The Hall–Kier alpha value is -1.55. The molecule has 0 fully saturated rings. The summed E-state index contributed by atoms with van der Waals surface area (Å²) in [6.45, 7) is 3.78. The minimum absolute atomic E-state index is 0.145. The molecule has 1 rings (SSSR count). The van der Waals surface area contributed by atoms with Gasteiger partial charge >= 0.3 is 0 Å². The Kier molecular flexibility index (Phi) is 11.0. The maximum atomic E-state index is 12.0. The Morgan fingerprint density at radius 1 is 1.12 bits per heavy atom. The zero-order valence-electron chi connectivity index (χ0n) is 16.6. The quantitative estimate of drug-likeness (QED) is 0.544. The van der Waals surface area contributed by atoms with Crippen molar-refractivity contribution in [3.8, 4) is 5.75 Å². The van der Waals surface area contributed by atoms with E-state index in [1.807, 2.05) is 6.07 Å². The molecule has 0 aliphatic rings. The summed E-state index contributed by atoms with van der Waals surface area (Å²) in [6.07, 6.45) is 8.83. The molecule has 0 atom stereocenters. The van der Waals surface area contributed by atoms with Crippen LogP contribution in [-0.2, 0) is 17.8 Å². The fraction of sp³-hybridized carbons (Fsp3) is 0.667. The van der Waals surface area contributed by atoms with Gasteiger partial charge in [-0.15, -0.1) is 0 Å². The summed E-state index contributed by atoms with van der Waals surface area (Å²) in [5.41, 5.74) is 2.29. The Morgan fingerprint density at radius 3 is 2.52 bits per heavy atom. The van der Waals surface area contributed by atoms with Crippen LogP contribution in [0.4, 0.5) is 0 Å². The number of ether oxygens (including phenoxy) is 1. The van der Waals surface area contributed by atoms with Crippen LogP contribution in [0.1, 0.15) is 63.0 Å². The first-order valence-electron chi connectivity index (χ1n) is 9.64. The minimum atomic E-state index is 0.145. The molecule has 0 aliphatic carbocycles. The van der Waals surface area contributed by atoms with E-state index in [1.54, 1.807) is 7.11 Å². The summed E-state index contributed by atoms with van der Waals surface area (Å²) >= 11 is 0. The van der Waals surface area contributed by atoms with Crippen molar-refractivity contribution in [2.45, 2.75) is 64.8 Å². The van der Waals surface area contributed by atoms with Gasteiger partial charge in [0, 0.05) is 19.5 Å². The Balaban J connectivity index is 2.35.